The van der Waals surface area contributed by atoms with Gasteiger partial charge in [0.1, 0.15) is 23.9 Å². The number of esters is 1. The van der Waals surface area contributed by atoms with Crippen LogP contribution in [0.2, 0.25) is 0 Å². The standard InChI is InChI=1S/C26H30O7/c1-25(2,3)15-7-13(8-16(23(15)29)26(4,5)6)21(22-18(28)11-31-24(22)30)14-9-19-20(10-17(14)27)33-12-32-19/h7-10,21,27-29H,11-12H2,1-6H3. The van der Waals surface area contributed by atoms with Crippen molar-refractivity contribution in [1.82, 2.24) is 0 Å². The molecule has 2 aromatic carbocycles. The number of aromatic hydroxyl groups is 2. The molecule has 2 aliphatic heterocycles. The van der Waals surface area contributed by atoms with Gasteiger partial charge in [-0.1, -0.05) is 53.7 Å². The van der Waals surface area contributed by atoms with Crippen molar-refractivity contribution in [2.45, 2.75) is 58.3 Å². The summed E-state index contributed by atoms with van der Waals surface area (Å²) in [5.41, 5.74) is 1.63. The first-order chi connectivity index (χ1) is 15.3. The zero-order valence-electron chi connectivity index (χ0n) is 19.8. The highest BCUT2D eigenvalue weighted by atomic mass is 16.7. The lowest BCUT2D eigenvalue weighted by molar-refractivity contribution is -0.136. The Balaban J connectivity index is 2.04. The van der Waals surface area contributed by atoms with E-state index in [4.69, 9.17) is 14.2 Å². The van der Waals surface area contributed by atoms with Crippen molar-refractivity contribution in [1.29, 1.82) is 0 Å². The SMILES string of the molecule is CC(C)(C)c1cc(C(C2=C(O)COC2=O)c2cc3c(cc2O)OCO3)cc(C(C)(C)C)c1O. The second-order valence-corrected chi connectivity index (χ2v) is 10.6. The summed E-state index contributed by atoms with van der Waals surface area (Å²) >= 11 is 0. The van der Waals surface area contributed by atoms with Gasteiger partial charge >= 0.3 is 5.97 Å². The zero-order chi connectivity index (χ0) is 24.3. The van der Waals surface area contributed by atoms with E-state index in [0.29, 0.717) is 33.8 Å². The van der Waals surface area contributed by atoms with Crippen molar-refractivity contribution < 1.29 is 34.3 Å². The van der Waals surface area contributed by atoms with Gasteiger partial charge in [-0.15, -0.1) is 0 Å². The van der Waals surface area contributed by atoms with Gasteiger partial charge in [0.15, 0.2) is 11.5 Å². The molecule has 2 aliphatic rings. The highest BCUT2D eigenvalue weighted by Crippen LogP contribution is 2.48. The number of aliphatic hydroxyl groups is 1. The topological polar surface area (TPSA) is 105 Å². The fourth-order valence-electron chi connectivity index (χ4n) is 4.34. The largest absolute Gasteiger partial charge is 0.508 e. The Labute approximate surface area is 193 Å². The monoisotopic (exact) mass is 454 g/mol. The first-order valence-electron chi connectivity index (χ1n) is 10.9. The van der Waals surface area contributed by atoms with Crippen LogP contribution in [0.15, 0.2) is 35.6 Å². The van der Waals surface area contributed by atoms with Crippen LogP contribution >= 0.6 is 0 Å². The van der Waals surface area contributed by atoms with Gasteiger partial charge in [-0.25, -0.2) is 4.79 Å². The van der Waals surface area contributed by atoms with Crippen molar-refractivity contribution in [2.75, 3.05) is 13.4 Å². The Morgan fingerprint density at radius 1 is 0.818 bits per heavy atom. The molecule has 0 aliphatic carbocycles. The molecular formula is C26H30O7. The lowest BCUT2D eigenvalue weighted by Crippen LogP contribution is -2.20. The van der Waals surface area contributed by atoms with Crippen molar-refractivity contribution in [3.05, 3.63) is 57.9 Å². The van der Waals surface area contributed by atoms with Gasteiger partial charge in [0.25, 0.3) is 0 Å². The molecule has 0 amide bonds. The molecule has 2 aromatic rings. The molecular weight excluding hydrogens is 424 g/mol. The third kappa shape index (κ3) is 3.96. The maximum atomic E-state index is 12.7. The van der Waals surface area contributed by atoms with Crippen LogP contribution in [0.5, 0.6) is 23.0 Å². The molecule has 0 fully saturated rings. The first-order valence-corrected chi connectivity index (χ1v) is 10.9. The predicted octanol–water partition coefficient (Wildman–Crippen LogP) is 4.92. The van der Waals surface area contributed by atoms with E-state index >= 15 is 0 Å². The van der Waals surface area contributed by atoms with Gasteiger partial charge in [0.05, 0.1) is 5.57 Å². The molecule has 0 spiro atoms. The smallest absolute Gasteiger partial charge is 0.338 e. The highest BCUT2D eigenvalue weighted by molar-refractivity contribution is 5.94. The molecule has 0 saturated carbocycles. The summed E-state index contributed by atoms with van der Waals surface area (Å²) in [6.07, 6.45) is 0. The molecule has 7 nitrogen and oxygen atoms in total. The fourth-order valence-corrected chi connectivity index (χ4v) is 4.34. The molecule has 0 aromatic heterocycles. The summed E-state index contributed by atoms with van der Waals surface area (Å²) in [6, 6.07) is 6.71. The summed E-state index contributed by atoms with van der Waals surface area (Å²) < 4.78 is 16.0. The summed E-state index contributed by atoms with van der Waals surface area (Å²) in [5.74, 6) is -0.769. The van der Waals surface area contributed by atoms with Crippen LogP contribution in [-0.2, 0) is 20.4 Å². The third-order valence-corrected chi connectivity index (χ3v) is 6.07. The van der Waals surface area contributed by atoms with E-state index in [1.807, 2.05) is 53.7 Å². The van der Waals surface area contributed by atoms with Crippen LogP contribution in [0.1, 0.15) is 69.7 Å². The number of carbonyl (C=O) groups excluding carboxylic acids is 1. The van der Waals surface area contributed by atoms with E-state index in [1.165, 1.54) is 6.07 Å². The van der Waals surface area contributed by atoms with E-state index in [1.54, 1.807) is 6.07 Å². The number of aliphatic hydroxyl groups excluding tert-OH is 1. The second kappa shape index (κ2) is 7.61. The van der Waals surface area contributed by atoms with Crippen LogP contribution < -0.4 is 9.47 Å². The molecule has 0 saturated heterocycles. The summed E-state index contributed by atoms with van der Waals surface area (Å²) in [6.45, 7) is 11.8. The number of hydrogen-bond acceptors (Lipinski definition) is 7. The van der Waals surface area contributed by atoms with Crippen LogP contribution in [-0.4, -0.2) is 34.7 Å². The number of fused-ring (bicyclic) bond motifs is 1. The lowest BCUT2D eigenvalue weighted by Gasteiger charge is -2.30. The van der Waals surface area contributed by atoms with Gasteiger partial charge < -0.3 is 29.5 Å². The molecule has 0 bridgehead atoms. The Morgan fingerprint density at radius 3 is 1.85 bits per heavy atom. The van der Waals surface area contributed by atoms with Crippen molar-refractivity contribution in [3.63, 3.8) is 0 Å². The van der Waals surface area contributed by atoms with E-state index in [9.17, 15) is 20.1 Å². The van der Waals surface area contributed by atoms with Gasteiger partial charge in [0.2, 0.25) is 6.79 Å². The maximum Gasteiger partial charge on any atom is 0.338 e. The molecule has 7 heteroatoms. The summed E-state index contributed by atoms with van der Waals surface area (Å²) in [4.78, 5) is 12.7. The Hall–Kier alpha value is -3.35. The van der Waals surface area contributed by atoms with E-state index < -0.39 is 22.7 Å². The number of carbonyl (C=O) groups is 1. The van der Waals surface area contributed by atoms with Crippen LogP contribution in [0.3, 0.4) is 0 Å². The number of ether oxygens (including phenoxy) is 3. The van der Waals surface area contributed by atoms with Crippen LogP contribution in [0.4, 0.5) is 0 Å². The summed E-state index contributed by atoms with van der Waals surface area (Å²) in [5, 5.41) is 32.7. The molecule has 33 heavy (non-hydrogen) atoms. The first kappa shape index (κ1) is 22.8. The molecule has 176 valence electrons. The Morgan fingerprint density at radius 2 is 1.36 bits per heavy atom. The Bertz CT molecular complexity index is 1130. The minimum atomic E-state index is -0.850. The molecule has 1 unspecified atom stereocenters. The van der Waals surface area contributed by atoms with E-state index in [-0.39, 0.29) is 36.2 Å². The van der Waals surface area contributed by atoms with Crippen molar-refractivity contribution in [2.24, 2.45) is 0 Å². The van der Waals surface area contributed by atoms with E-state index in [2.05, 4.69) is 0 Å². The molecule has 3 N–H and O–H groups in total. The average molecular weight is 455 g/mol. The number of rotatable bonds is 3. The fraction of sp³-hybridized carbons (Fsp3) is 0.423. The maximum absolute atomic E-state index is 12.7. The van der Waals surface area contributed by atoms with E-state index in [0.717, 1.165) is 0 Å². The third-order valence-electron chi connectivity index (χ3n) is 6.07. The van der Waals surface area contributed by atoms with Crippen LogP contribution in [0, 0.1) is 0 Å². The molecule has 0 radical (unpaired) electrons. The number of benzene rings is 2. The molecule has 2 heterocycles. The van der Waals surface area contributed by atoms with Gasteiger partial charge in [-0.2, -0.15) is 0 Å². The number of cyclic esters (lactones) is 1. The lowest BCUT2D eigenvalue weighted by atomic mass is 9.74. The zero-order valence-corrected chi connectivity index (χ0v) is 19.8. The molecule has 4 rings (SSSR count). The average Bonchev–Trinajstić information content (AvgIpc) is 3.28. The quantitative estimate of drug-likeness (QED) is 0.565. The summed E-state index contributed by atoms with van der Waals surface area (Å²) in [7, 11) is 0. The minimum Gasteiger partial charge on any atom is -0.508 e. The normalized spacial score (nSPS) is 16.8. The highest BCUT2D eigenvalue weighted by Gasteiger charge is 2.38. The van der Waals surface area contributed by atoms with Gasteiger partial charge in [-0.3, -0.25) is 0 Å². The van der Waals surface area contributed by atoms with Crippen molar-refractivity contribution >= 4 is 5.97 Å². The minimum absolute atomic E-state index is 0.0282. The van der Waals surface area contributed by atoms with Gasteiger partial charge in [0, 0.05) is 17.5 Å². The number of phenols is 2. The number of hydrogen-bond donors (Lipinski definition) is 3. The molecule has 1 atom stereocenters. The second-order valence-electron chi connectivity index (χ2n) is 10.6. The predicted molar refractivity (Wildman–Crippen MR) is 122 cm³/mol. The van der Waals surface area contributed by atoms with Gasteiger partial charge in [-0.05, 0) is 33.6 Å². The Kier molecular flexibility index (Phi) is 5.26. The number of phenolic OH excluding ortho intramolecular Hbond substituents is 2. The van der Waals surface area contributed by atoms with Crippen molar-refractivity contribution in [3.8, 4) is 23.0 Å². The van der Waals surface area contributed by atoms with Crippen LogP contribution in [0.25, 0.3) is 0 Å².